The third-order valence-electron chi connectivity index (χ3n) is 6.66. The molecule has 0 aromatic heterocycles. The number of esters is 1. The first kappa shape index (κ1) is 28.2. The van der Waals surface area contributed by atoms with E-state index in [9.17, 15) is 15.0 Å². The van der Waals surface area contributed by atoms with Crippen LogP contribution in [0.25, 0.3) is 22.3 Å². The number of aliphatic hydroxyl groups excluding tert-OH is 2. The van der Waals surface area contributed by atoms with Crippen molar-refractivity contribution in [2.24, 2.45) is 5.41 Å². The Morgan fingerprint density at radius 1 is 0.892 bits per heavy atom. The molecule has 3 aromatic rings. The molecular formula is C32H38O5. The molecule has 0 bridgehead atoms. The van der Waals surface area contributed by atoms with Gasteiger partial charge in [-0.15, -0.1) is 0 Å². The number of rotatable bonds is 12. The Balaban J connectivity index is 1.85. The maximum absolute atomic E-state index is 11.9. The lowest BCUT2D eigenvalue weighted by molar-refractivity contribution is -0.138. The van der Waals surface area contributed by atoms with E-state index in [-0.39, 0.29) is 19.8 Å². The minimum atomic E-state index is -0.604. The van der Waals surface area contributed by atoms with E-state index in [0.29, 0.717) is 30.8 Å². The molecule has 37 heavy (non-hydrogen) atoms. The first-order valence-electron chi connectivity index (χ1n) is 12.6. The quantitative estimate of drug-likeness (QED) is 0.233. The Kier molecular flexibility index (Phi) is 9.67. The van der Waals surface area contributed by atoms with Crippen LogP contribution in [0, 0.1) is 19.3 Å². The fraction of sp³-hybridized carbons (Fsp3) is 0.344. The van der Waals surface area contributed by atoms with Gasteiger partial charge in [0.2, 0.25) is 0 Å². The number of aliphatic hydroxyl groups is 2. The molecule has 0 saturated carbocycles. The molecule has 0 spiro atoms. The van der Waals surface area contributed by atoms with Crippen LogP contribution < -0.4 is 4.74 Å². The summed E-state index contributed by atoms with van der Waals surface area (Å²) in [4.78, 5) is 11.9. The number of carbonyl (C=O) groups is 1. The molecule has 3 aromatic carbocycles. The molecule has 0 saturated heterocycles. The summed E-state index contributed by atoms with van der Waals surface area (Å²) in [5.74, 6) is 0.283. The average molecular weight is 503 g/mol. The fourth-order valence-corrected chi connectivity index (χ4v) is 3.99. The van der Waals surface area contributed by atoms with Gasteiger partial charge in [0.15, 0.2) is 0 Å². The van der Waals surface area contributed by atoms with Crippen molar-refractivity contribution in [3.63, 3.8) is 0 Å². The Bertz CT molecular complexity index is 1220. The molecular weight excluding hydrogens is 464 g/mol. The van der Waals surface area contributed by atoms with Crippen molar-refractivity contribution in [3.05, 3.63) is 89.5 Å². The van der Waals surface area contributed by atoms with Gasteiger partial charge in [0.1, 0.15) is 5.75 Å². The van der Waals surface area contributed by atoms with Crippen LogP contribution in [-0.2, 0) is 16.0 Å². The van der Waals surface area contributed by atoms with Crippen LogP contribution in [0.2, 0.25) is 0 Å². The number of carbonyl (C=O) groups excluding carboxylic acids is 1. The normalized spacial score (nSPS) is 11.3. The van der Waals surface area contributed by atoms with E-state index in [2.05, 4.69) is 69.0 Å². The van der Waals surface area contributed by atoms with Crippen LogP contribution >= 0.6 is 0 Å². The predicted molar refractivity (Wildman–Crippen MR) is 149 cm³/mol. The van der Waals surface area contributed by atoms with Gasteiger partial charge in [0.25, 0.3) is 0 Å². The third-order valence-corrected chi connectivity index (χ3v) is 6.66. The molecule has 0 amide bonds. The largest absolute Gasteiger partial charge is 0.493 e. The van der Waals surface area contributed by atoms with Crippen molar-refractivity contribution in [1.29, 1.82) is 0 Å². The molecule has 0 atom stereocenters. The zero-order chi connectivity index (χ0) is 27.0. The molecule has 3 rings (SSSR count). The molecule has 0 radical (unpaired) electrons. The van der Waals surface area contributed by atoms with Gasteiger partial charge in [-0.1, -0.05) is 67.6 Å². The molecule has 0 fully saturated rings. The van der Waals surface area contributed by atoms with Crippen molar-refractivity contribution < 1.29 is 24.5 Å². The number of aryl methyl sites for hydroxylation is 2. The summed E-state index contributed by atoms with van der Waals surface area (Å²) in [6, 6.07) is 21.0. The van der Waals surface area contributed by atoms with Gasteiger partial charge < -0.3 is 19.7 Å². The van der Waals surface area contributed by atoms with Gasteiger partial charge in [-0.05, 0) is 72.7 Å². The van der Waals surface area contributed by atoms with E-state index < -0.39 is 11.4 Å². The minimum Gasteiger partial charge on any atom is -0.493 e. The predicted octanol–water partition coefficient (Wildman–Crippen LogP) is 6.06. The molecule has 5 nitrogen and oxygen atoms in total. The molecule has 2 N–H and O–H groups in total. The average Bonchev–Trinajstić information content (AvgIpc) is 2.89. The van der Waals surface area contributed by atoms with E-state index in [1.54, 1.807) is 6.92 Å². The van der Waals surface area contributed by atoms with Crippen molar-refractivity contribution in [1.82, 2.24) is 0 Å². The van der Waals surface area contributed by atoms with Crippen LogP contribution in [0.4, 0.5) is 0 Å². The molecule has 196 valence electrons. The van der Waals surface area contributed by atoms with E-state index >= 15 is 0 Å². The van der Waals surface area contributed by atoms with Crippen molar-refractivity contribution >= 4 is 5.97 Å². The molecule has 0 aliphatic rings. The van der Waals surface area contributed by atoms with Gasteiger partial charge in [-0.25, -0.2) is 4.79 Å². The van der Waals surface area contributed by atoms with Crippen LogP contribution in [-0.4, -0.2) is 42.6 Å². The highest BCUT2D eigenvalue weighted by Crippen LogP contribution is 2.32. The lowest BCUT2D eigenvalue weighted by Crippen LogP contribution is -2.28. The number of hydrogen-bond acceptors (Lipinski definition) is 5. The number of hydrogen-bond donors (Lipinski definition) is 2. The van der Waals surface area contributed by atoms with Gasteiger partial charge in [-0.3, -0.25) is 0 Å². The van der Waals surface area contributed by atoms with Gasteiger partial charge in [-0.2, -0.15) is 0 Å². The highest BCUT2D eigenvalue weighted by Gasteiger charge is 2.22. The molecule has 0 heterocycles. The maximum Gasteiger partial charge on any atom is 0.333 e. The Morgan fingerprint density at radius 2 is 1.54 bits per heavy atom. The van der Waals surface area contributed by atoms with E-state index in [1.165, 1.54) is 16.7 Å². The topological polar surface area (TPSA) is 76.0 Å². The smallest absolute Gasteiger partial charge is 0.333 e. The highest BCUT2D eigenvalue weighted by molar-refractivity contribution is 5.86. The molecule has 0 unspecified atom stereocenters. The lowest BCUT2D eigenvalue weighted by atomic mass is 9.89. The first-order chi connectivity index (χ1) is 17.7. The van der Waals surface area contributed by atoms with Crippen molar-refractivity contribution in [2.75, 3.05) is 26.4 Å². The third kappa shape index (κ3) is 7.54. The van der Waals surface area contributed by atoms with E-state index in [1.807, 2.05) is 19.1 Å². The number of ether oxygens (including phenoxy) is 2. The second-order valence-corrected chi connectivity index (χ2v) is 10.1. The van der Waals surface area contributed by atoms with E-state index in [4.69, 9.17) is 9.47 Å². The van der Waals surface area contributed by atoms with Gasteiger partial charge in [0, 0.05) is 17.4 Å². The van der Waals surface area contributed by atoms with Crippen LogP contribution in [0.15, 0.2) is 72.8 Å². The zero-order valence-corrected chi connectivity index (χ0v) is 22.3. The highest BCUT2D eigenvalue weighted by atomic mass is 16.5. The Hall–Kier alpha value is -3.41. The van der Waals surface area contributed by atoms with Crippen LogP contribution in [0.1, 0.15) is 37.0 Å². The Labute approximate surface area is 220 Å². The van der Waals surface area contributed by atoms with Crippen molar-refractivity contribution in [2.45, 2.75) is 40.5 Å². The van der Waals surface area contributed by atoms with E-state index in [0.717, 1.165) is 22.3 Å². The fourth-order valence-electron chi connectivity index (χ4n) is 3.99. The lowest BCUT2D eigenvalue weighted by Gasteiger charge is -2.24. The number of benzene rings is 3. The molecule has 0 aliphatic heterocycles. The minimum absolute atomic E-state index is 0.118. The maximum atomic E-state index is 11.9. The second kappa shape index (κ2) is 12.7. The summed E-state index contributed by atoms with van der Waals surface area (Å²) < 4.78 is 11.4. The van der Waals surface area contributed by atoms with Crippen molar-refractivity contribution in [3.8, 4) is 28.0 Å². The SMILES string of the molecule is C=C(C)C(=O)OCCc1cc(-c2ccc(-c3ccc(C)cc3)cc2C)ccc1OCCC(C)(CO)CO. The summed E-state index contributed by atoms with van der Waals surface area (Å²) in [5.41, 5.74) is 7.60. The monoisotopic (exact) mass is 502 g/mol. The second-order valence-electron chi connectivity index (χ2n) is 10.1. The summed E-state index contributed by atoms with van der Waals surface area (Å²) in [6.45, 7) is 11.6. The summed E-state index contributed by atoms with van der Waals surface area (Å²) in [6.07, 6.45) is 0.991. The molecule has 0 aliphatic carbocycles. The molecule has 5 heteroatoms. The zero-order valence-electron chi connectivity index (χ0n) is 22.3. The summed E-state index contributed by atoms with van der Waals surface area (Å²) in [7, 11) is 0. The summed E-state index contributed by atoms with van der Waals surface area (Å²) >= 11 is 0. The van der Waals surface area contributed by atoms with Crippen LogP contribution in [0.3, 0.4) is 0 Å². The van der Waals surface area contributed by atoms with Gasteiger partial charge >= 0.3 is 5.97 Å². The van der Waals surface area contributed by atoms with Gasteiger partial charge in [0.05, 0.1) is 26.4 Å². The Morgan fingerprint density at radius 3 is 2.16 bits per heavy atom. The van der Waals surface area contributed by atoms with Crippen LogP contribution in [0.5, 0.6) is 5.75 Å². The summed E-state index contributed by atoms with van der Waals surface area (Å²) in [5, 5.41) is 19.1. The standard InChI is InChI=1S/C32H38O5/c1-22(2)31(35)37-16-14-28-19-27(11-13-30(28)36-17-15-32(5,20-33)21-34)29-12-10-26(18-24(29)4)25-8-6-23(3)7-9-25/h6-13,18-19,33-34H,1,14-17,20-21H2,2-5H3. The first-order valence-corrected chi connectivity index (χ1v) is 12.6.